The first-order valence-corrected chi connectivity index (χ1v) is 3.19. The summed E-state index contributed by atoms with van der Waals surface area (Å²) < 4.78 is 9.90. The van der Waals surface area contributed by atoms with Crippen molar-refractivity contribution in [2.75, 3.05) is 0 Å². The standard InChI is InChI=1S/C6H8O3/c1-2-3-4-5(9-4)6(7)8-3/h3-5H,2H2,1H3/t3-,4-,5-/m1/s1. The van der Waals surface area contributed by atoms with E-state index in [1.54, 1.807) is 0 Å². The number of carbonyl (C=O) groups is 1. The third-order valence-electron chi connectivity index (χ3n) is 1.79. The molecule has 2 aliphatic rings. The third kappa shape index (κ3) is 0.580. The Kier molecular flexibility index (Phi) is 0.858. The maximum Gasteiger partial charge on any atom is 0.338 e. The van der Waals surface area contributed by atoms with Gasteiger partial charge in [0, 0.05) is 0 Å². The largest absolute Gasteiger partial charge is 0.457 e. The molecule has 0 radical (unpaired) electrons. The van der Waals surface area contributed by atoms with Gasteiger partial charge in [-0.1, -0.05) is 6.92 Å². The van der Waals surface area contributed by atoms with Gasteiger partial charge in [-0.3, -0.25) is 0 Å². The maximum absolute atomic E-state index is 10.6. The Bertz CT molecular complexity index is 154. The number of fused-ring (bicyclic) bond motifs is 1. The molecule has 0 unspecified atom stereocenters. The maximum atomic E-state index is 10.6. The molecule has 2 fully saturated rings. The van der Waals surface area contributed by atoms with Crippen LogP contribution >= 0.6 is 0 Å². The van der Waals surface area contributed by atoms with Gasteiger partial charge in [0.1, 0.15) is 12.2 Å². The predicted molar refractivity (Wildman–Crippen MR) is 28.8 cm³/mol. The van der Waals surface area contributed by atoms with E-state index in [0.717, 1.165) is 6.42 Å². The second-order valence-corrected chi connectivity index (χ2v) is 2.40. The first kappa shape index (κ1) is 5.23. The normalized spacial score (nSPS) is 46.3. The number of ether oxygens (including phenoxy) is 2. The minimum atomic E-state index is -0.199. The lowest BCUT2D eigenvalue weighted by molar-refractivity contribution is -0.149. The zero-order valence-electron chi connectivity index (χ0n) is 5.16. The van der Waals surface area contributed by atoms with Crippen LogP contribution < -0.4 is 0 Å². The first-order chi connectivity index (χ1) is 4.33. The van der Waals surface area contributed by atoms with Crippen LogP contribution in [0.15, 0.2) is 0 Å². The summed E-state index contributed by atoms with van der Waals surface area (Å²) in [6.07, 6.45) is 0.812. The molecule has 2 rings (SSSR count). The van der Waals surface area contributed by atoms with E-state index < -0.39 is 0 Å². The van der Waals surface area contributed by atoms with Gasteiger partial charge in [-0.2, -0.15) is 0 Å². The minimum absolute atomic E-state index is 0.0440. The average Bonchev–Trinajstić information content (AvgIpc) is 2.56. The fourth-order valence-electron chi connectivity index (χ4n) is 1.20. The molecular weight excluding hydrogens is 120 g/mol. The van der Waals surface area contributed by atoms with Gasteiger partial charge in [0.2, 0.25) is 0 Å². The van der Waals surface area contributed by atoms with Crippen LogP contribution in [0.3, 0.4) is 0 Å². The fraction of sp³-hybridized carbons (Fsp3) is 0.833. The van der Waals surface area contributed by atoms with E-state index in [-0.39, 0.29) is 24.3 Å². The number of carbonyl (C=O) groups excluding carboxylic acids is 1. The van der Waals surface area contributed by atoms with E-state index in [1.807, 2.05) is 6.92 Å². The number of hydrogen-bond acceptors (Lipinski definition) is 3. The third-order valence-corrected chi connectivity index (χ3v) is 1.79. The predicted octanol–water partition coefficient (Wildman–Crippen LogP) is 0.0892. The molecule has 0 bridgehead atoms. The van der Waals surface area contributed by atoms with Crippen molar-refractivity contribution < 1.29 is 14.3 Å². The van der Waals surface area contributed by atoms with E-state index in [2.05, 4.69) is 0 Å². The lowest BCUT2D eigenvalue weighted by Gasteiger charge is -2.06. The van der Waals surface area contributed by atoms with Gasteiger partial charge < -0.3 is 9.47 Å². The zero-order valence-corrected chi connectivity index (χ0v) is 5.16. The van der Waals surface area contributed by atoms with Crippen molar-refractivity contribution in [3.63, 3.8) is 0 Å². The molecule has 50 valence electrons. The summed E-state index contributed by atoms with van der Waals surface area (Å²) in [7, 11) is 0. The van der Waals surface area contributed by atoms with Crippen LogP contribution in [0.25, 0.3) is 0 Å². The minimum Gasteiger partial charge on any atom is -0.457 e. The number of hydrogen-bond donors (Lipinski definition) is 0. The van der Waals surface area contributed by atoms with E-state index in [9.17, 15) is 4.79 Å². The summed E-state index contributed by atoms with van der Waals surface area (Å²) in [5.41, 5.74) is 0. The van der Waals surface area contributed by atoms with E-state index in [4.69, 9.17) is 9.47 Å². The Balaban J connectivity index is 2.08. The van der Waals surface area contributed by atoms with Gasteiger partial charge in [0.25, 0.3) is 0 Å². The Morgan fingerprint density at radius 3 is 2.67 bits per heavy atom. The van der Waals surface area contributed by atoms with Crippen molar-refractivity contribution in [3.05, 3.63) is 0 Å². The van der Waals surface area contributed by atoms with Crippen molar-refractivity contribution in [3.8, 4) is 0 Å². The van der Waals surface area contributed by atoms with Crippen molar-refractivity contribution in [1.29, 1.82) is 0 Å². The molecule has 2 heterocycles. The van der Waals surface area contributed by atoms with Crippen LogP contribution in [0.4, 0.5) is 0 Å². The van der Waals surface area contributed by atoms with E-state index in [1.165, 1.54) is 0 Å². The summed E-state index contributed by atoms with van der Waals surface area (Å²) in [5, 5.41) is 0. The van der Waals surface area contributed by atoms with Crippen LogP contribution in [-0.4, -0.2) is 24.3 Å². The topological polar surface area (TPSA) is 38.8 Å². The Hall–Kier alpha value is -0.570. The van der Waals surface area contributed by atoms with Gasteiger partial charge in [-0.15, -0.1) is 0 Å². The highest BCUT2D eigenvalue weighted by molar-refractivity contribution is 5.81. The van der Waals surface area contributed by atoms with Gasteiger partial charge in [0.05, 0.1) is 0 Å². The number of rotatable bonds is 1. The lowest BCUT2D eigenvalue weighted by atomic mass is 10.2. The molecular formula is C6H8O3. The highest BCUT2D eigenvalue weighted by atomic mass is 16.7. The van der Waals surface area contributed by atoms with Crippen LogP contribution in [0, 0.1) is 0 Å². The number of esters is 1. The summed E-state index contributed by atoms with van der Waals surface area (Å²) in [4.78, 5) is 10.6. The van der Waals surface area contributed by atoms with Gasteiger partial charge in [-0.05, 0) is 6.42 Å². The zero-order chi connectivity index (χ0) is 6.43. The van der Waals surface area contributed by atoms with Crippen molar-refractivity contribution in [2.45, 2.75) is 31.7 Å². The van der Waals surface area contributed by atoms with Crippen LogP contribution in [-0.2, 0) is 14.3 Å². The summed E-state index contributed by atoms with van der Waals surface area (Å²) in [5.74, 6) is -0.174. The first-order valence-electron chi connectivity index (χ1n) is 3.19. The molecule has 9 heavy (non-hydrogen) atoms. The molecule has 3 atom stereocenters. The summed E-state index contributed by atoms with van der Waals surface area (Å²) in [6.45, 7) is 1.99. The van der Waals surface area contributed by atoms with Gasteiger partial charge in [-0.25, -0.2) is 4.79 Å². The van der Waals surface area contributed by atoms with Gasteiger partial charge in [0.15, 0.2) is 6.10 Å². The average molecular weight is 128 g/mol. The Morgan fingerprint density at radius 2 is 2.44 bits per heavy atom. The lowest BCUT2D eigenvalue weighted by Crippen LogP contribution is -2.14. The van der Waals surface area contributed by atoms with E-state index >= 15 is 0 Å². The molecule has 2 saturated heterocycles. The van der Waals surface area contributed by atoms with Crippen molar-refractivity contribution in [2.24, 2.45) is 0 Å². The van der Waals surface area contributed by atoms with Crippen LogP contribution in [0.5, 0.6) is 0 Å². The molecule has 3 nitrogen and oxygen atoms in total. The highest BCUT2D eigenvalue weighted by Gasteiger charge is 2.58. The second kappa shape index (κ2) is 1.48. The highest BCUT2D eigenvalue weighted by Crippen LogP contribution is 2.36. The Morgan fingerprint density at radius 1 is 1.67 bits per heavy atom. The van der Waals surface area contributed by atoms with Crippen molar-refractivity contribution >= 4 is 5.97 Å². The molecule has 0 saturated carbocycles. The molecule has 0 aliphatic carbocycles. The van der Waals surface area contributed by atoms with Crippen LogP contribution in [0.2, 0.25) is 0 Å². The molecule has 0 aromatic heterocycles. The quantitative estimate of drug-likeness (QED) is 0.371. The van der Waals surface area contributed by atoms with Crippen molar-refractivity contribution in [1.82, 2.24) is 0 Å². The smallest absolute Gasteiger partial charge is 0.338 e. The van der Waals surface area contributed by atoms with E-state index in [0.29, 0.717) is 0 Å². The molecule has 0 aromatic carbocycles. The number of cyclic esters (lactones) is 1. The molecule has 0 N–H and O–H groups in total. The Labute approximate surface area is 52.9 Å². The second-order valence-electron chi connectivity index (χ2n) is 2.40. The molecule has 0 amide bonds. The number of epoxide rings is 1. The summed E-state index contributed by atoms with van der Waals surface area (Å²) >= 11 is 0. The van der Waals surface area contributed by atoms with Gasteiger partial charge >= 0.3 is 5.97 Å². The fourth-order valence-corrected chi connectivity index (χ4v) is 1.20. The molecule has 3 heteroatoms. The molecule has 0 spiro atoms. The van der Waals surface area contributed by atoms with Crippen LogP contribution in [0.1, 0.15) is 13.3 Å². The molecule has 2 aliphatic heterocycles. The monoisotopic (exact) mass is 128 g/mol. The SMILES string of the molecule is CC[C@H]1OC(=O)[C@@H]2O[C@H]12. The molecule has 0 aromatic rings. The summed E-state index contributed by atoms with van der Waals surface area (Å²) in [6, 6.07) is 0.